The van der Waals surface area contributed by atoms with E-state index in [1.54, 1.807) is 6.07 Å². The van der Waals surface area contributed by atoms with Crippen LogP contribution < -0.4 is 5.32 Å². The summed E-state index contributed by atoms with van der Waals surface area (Å²) in [6, 6.07) is 3.62. The van der Waals surface area contributed by atoms with Crippen LogP contribution in [0.5, 0.6) is 0 Å². The van der Waals surface area contributed by atoms with Gasteiger partial charge in [-0.15, -0.1) is 35.1 Å². The van der Waals surface area contributed by atoms with Crippen molar-refractivity contribution in [2.45, 2.75) is 26.3 Å². The molecule has 1 N–H and O–H groups in total. The second-order valence-electron chi connectivity index (χ2n) is 5.75. The normalized spacial score (nSPS) is 13.7. The quantitative estimate of drug-likeness (QED) is 0.715. The number of halogens is 2. The van der Waals surface area contributed by atoms with Gasteiger partial charge in [0.15, 0.2) is 0 Å². The van der Waals surface area contributed by atoms with Crippen LogP contribution in [0.2, 0.25) is 4.34 Å². The average molecular weight is 435 g/mol. The molecule has 26 heavy (non-hydrogen) atoms. The maximum absolute atomic E-state index is 12.4. The molecule has 3 rings (SSSR count). The van der Waals surface area contributed by atoms with Gasteiger partial charge in [-0.2, -0.15) is 0 Å². The first-order valence-electron chi connectivity index (χ1n) is 8.01. The monoisotopic (exact) mass is 434 g/mol. The summed E-state index contributed by atoms with van der Waals surface area (Å²) in [5.74, 6) is -0.550. The fraction of sp³-hybridized carbons (Fsp3) is 0.412. The van der Waals surface area contributed by atoms with E-state index in [9.17, 15) is 9.59 Å². The predicted octanol–water partition coefficient (Wildman–Crippen LogP) is 4.23. The van der Waals surface area contributed by atoms with E-state index < -0.39 is 5.97 Å². The molecular formula is C17H20Cl2N2O3S2. The zero-order chi connectivity index (χ0) is 18.0. The number of hydrogen-bond acceptors (Lipinski definition) is 6. The molecule has 2 aromatic heterocycles. The minimum atomic E-state index is -0.392. The van der Waals surface area contributed by atoms with Crippen molar-refractivity contribution < 1.29 is 14.3 Å². The molecule has 0 saturated carbocycles. The van der Waals surface area contributed by atoms with E-state index in [-0.39, 0.29) is 24.7 Å². The zero-order valence-corrected chi connectivity index (χ0v) is 17.7. The van der Waals surface area contributed by atoms with Crippen LogP contribution in [0, 0.1) is 0 Å². The van der Waals surface area contributed by atoms with Crippen LogP contribution in [0.25, 0.3) is 0 Å². The van der Waals surface area contributed by atoms with Gasteiger partial charge in [0.25, 0.3) is 0 Å². The number of rotatable bonds is 5. The Morgan fingerprint density at radius 2 is 2.12 bits per heavy atom. The fourth-order valence-corrected chi connectivity index (χ4v) is 5.29. The zero-order valence-electron chi connectivity index (χ0n) is 14.5. The molecule has 142 valence electrons. The third kappa shape index (κ3) is 4.58. The van der Waals surface area contributed by atoms with E-state index in [1.807, 2.05) is 6.07 Å². The Kier molecular flexibility index (Phi) is 7.49. The first-order valence-corrected chi connectivity index (χ1v) is 10.0. The summed E-state index contributed by atoms with van der Waals surface area (Å²) in [7, 11) is 1.37. The standard InChI is InChI=1S/C17H19ClN2O3S2.ClH/c1-3-20-7-6-11-12(9-20)25-16(15(11)17(22)23-2)19-14(21)8-10-4-5-13(18)24-10;/h4-5H,3,6-9H2,1-2H3,(H,19,21);1H. The number of ether oxygens (including phenoxy) is 1. The number of amides is 1. The van der Waals surface area contributed by atoms with Gasteiger partial charge in [-0.1, -0.05) is 18.5 Å². The Labute approximate surface area is 171 Å². The highest BCUT2D eigenvalue weighted by Crippen LogP contribution is 2.37. The first-order chi connectivity index (χ1) is 12.0. The average Bonchev–Trinajstić information content (AvgIpc) is 3.16. The molecule has 0 unspecified atom stereocenters. The highest BCUT2D eigenvalue weighted by molar-refractivity contribution is 7.17. The van der Waals surface area contributed by atoms with Crippen LogP contribution >= 0.6 is 46.7 Å². The van der Waals surface area contributed by atoms with Crippen molar-refractivity contribution in [2.24, 2.45) is 0 Å². The molecule has 0 spiro atoms. The molecule has 0 atom stereocenters. The van der Waals surface area contributed by atoms with Crippen molar-refractivity contribution in [3.8, 4) is 0 Å². The van der Waals surface area contributed by atoms with E-state index in [1.165, 1.54) is 29.8 Å². The van der Waals surface area contributed by atoms with Gasteiger partial charge >= 0.3 is 5.97 Å². The lowest BCUT2D eigenvalue weighted by Crippen LogP contribution is -2.30. The largest absolute Gasteiger partial charge is 0.465 e. The molecule has 0 bridgehead atoms. The van der Waals surface area contributed by atoms with Gasteiger partial charge in [0.05, 0.1) is 23.4 Å². The maximum atomic E-state index is 12.4. The van der Waals surface area contributed by atoms with Crippen molar-refractivity contribution >= 4 is 63.6 Å². The minimum Gasteiger partial charge on any atom is -0.465 e. The molecule has 0 radical (unpaired) electrons. The number of carbonyl (C=O) groups excluding carboxylic acids is 2. The predicted molar refractivity (Wildman–Crippen MR) is 109 cm³/mol. The number of esters is 1. The SMILES string of the molecule is CCN1CCc2c(sc(NC(=O)Cc3ccc(Cl)s3)c2C(=O)OC)C1.Cl. The van der Waals surface area contributed by atoms with E-state index >= 15 is 0 Å². The lowest BCUT2D eigenvalue weighted by atomic mass is 10.0. The van der Waals surface area contributed by atoms with Crippen LogP contribution in [0.3, 0.4) is 0 Å². The van der Waals surface area contributed by atoms with E-state index in [0.29, 0.717) is 14.9 Å². The van der Waals surface area contributed by atoms with E-state index in [4.69, 9.17) is 16.3 Å². The number of thiophene rings is 2. The molecule has 1 aliphatic heterocycles. The van der Waals surface area contributed by atoms with Crippen molar-refractivity contribution in [1.82, 2.24) is 4.90 Å². The summed E-state index contributed by atoms with van der Waals surface area (Å²) < 4.78 is 5.60. The first kappa shape index (κ1) is 21.2. The Morgan fingerprint density at radius 3 is 2.73 bits per heavy atom. The van der Waals surface area contributed by atoms with Crippen LogP contribution in [-0.4, -0.2) is 37.0 Å². The van der Waals surface area contributed by atoms with E-state index in [0.717, 1.165) is 41.4 Å². The van der Waals surface area contributed by atoms with Crippen LogP contribution in [-0.2, 0) is 28.9 Å². The second-order valence-corrected chi connectivity index (χ2v) is 8.65. The van der Waals surface area contributed by atoms with Gasteiger partial charge in [0, 0.05) is 22.8 Å². The third-order valence-electron chi connectivity index (χ3n) is 4.19. The van der Waals surface area contributed by atoms with Crippen molar-refractivity contribution in [1.29, 1.82) is 0 Å². The van der Waals surface area contributed by atoms with Gasteiger partial charge in [-0.05, 0) is 30.7 Å². The Morgan fingerprint density at radius 1 is 1.35 bits per heavy atom. The van der Waals surface area contributed by atoms with Crippen molar-refractivity contribution in [3.05, 3.63) is 37.4 Å². The number of hydrogen-bond donors (Lipinski definition) is 1. The Balaban J connectivity index is 0.00000243. The molecule has 1 amide bonds. The van der Waals surface area contributed by atoms with Crippen LogP contribution in [0.4, 0.5) is 5.00 Å². The number of methoxy groups -OCH3 is 1. The van der Waals surface area contributed by atoms with Crippen LogP contribution in [0.15, 0.2) is 12.1 Å². The molecule has 0 aromatic carbocycles. The fourth-order valence-electron chi connectivity index (χ4n) is 2.91. The van der Waals surface area contributed by atoms with Crippen LogP contribution in [0.1, 0.15) is 32.6 Å². The molecule has 0 aliphatic carbocycles. The molecule has 2 aromatic rings. The Bertz CT molecular complexity index is 804. The third-order valence-corrected chi connectivity index (χ3v) is 6.55. The second kappa shape index (κ2) is 9.19. The smallest absolute Gasteiger partial charge is 0.341 e. The van der Waals surface area contributed by atoms with E-state index in [2.05, 4.69) is 17.1 Å². The summed E-state index contributed by atoms with van der Waals surface area (Å²) in [6.45, 7) is 4.79. The molecule has 1 aliphatic rings. The number of likely N-dealkylation sites (N-methyl/N-ethyl adjacent to an activating group) is 1. The van der Waals surface area contributed by atoms with Gasteiger partial charge < -0.3 is 10.1 Å². The molecule has 9 heteroatoms. The Hall–Kier alpha value is -1.12. The van der Waals surface area contributed by atoms with Crippen molar-refractivity contribution in [2.75, 3.05) is 25.5 Å². The van der Waals surface area contributed by atoms with Gasteiger partial charge in [-0.3, -0.25) is 9.69 Å². The molecular weight excluding hydrogens is 415 g/mol. The summed E-state index contributed by atoms with van der Waals surface area (Å²) >= 11 is 8.76. The highest BCUT2D eigenvalue weighted by atomic mass is 35.5. The minimum absolute atomic E-state index is 0. The lowest BCUT2D eigenvalue weighted by molar-refractivity contribution is -0.115. The van der Waals surface area contributed by atoms with Gasteiger partial charge in [0.2, 0.25) is 5.91 Å². The van der Waals surface area contributed by atoms with Gasteiger partial charge in [0.1, 0.15) is 5.00 Å². The molecule has 0 saturated heterocycles. The number of nitrogens with zero attached hydrogens (tertiary/aromatic N) is 1. The van der Waals surface area contributed by atoms with Crippen molar-refractivity contribution in [3.63, 3.8) is 0 Å². The number of carbonyl (C=O) groups is 2. The topological polar surface area (TPSA) is 58.6 Å². The number of anilines is 1. The number of fused-ring (bicyclic) bond motifs is 1. The molecule has 0 fully saturated rings. The summed E-state index contributed by atoms with van der Waals surface area (Å²) in [5, 5.41) is 3.48. The molecule has 3 heterocycles. The molecule has 5 nitrogen and oxygen atoms in total. The maximum Gasteiger partial charge on any atom is 0.341 e. The van der Waals surface area contributed by atoms with Gasteiger partial charge in [-0.25, -0.2) is 4.79 Å². The lowest BCUT2D eigenvalue weighted by Gasteiger charge is -2.25. The summed E-state index contributed by atoms with van der Waals surface area (Å²) in [5.41, 5.74) is 1.52. The number of nitrogens with one attached hydrogen (secondary N) is 1. The summed E-state index contributed by atoms with van der Waals surface area (Å²) in [6.07, 6.45) is 1.03. The highest BCUT2D eigenvalue weighted by Gasteiger charge is 2.28. The summed E-state index contributed by atoms with van der Waals surface area (Å²) in [4.78, 5) is 29.0.